The standard InChI is InChI=1S/C17H24N4O2S/c1-13-4-5-15(8-14(13)2)11-20-6-7-21-17(12-20)9-16(19-21)10-18-24(3,22)23/h4-5,8-9,18H,6-7,10-12H2,1-3H3. The average molecular weight is 348 g/mol. The molecular formula is C17H24N4O2S. The van der Waals surface area contributed by atoms with Crippen molar-refractivity contribution in [2.75, 3.05) is 12.8 Å². The van der Waals surface area contributed by atoms with E-state index in [0.29, 0.717) is 0 Å². The van der Waals surface area contributed by atoms with Gasteiger partial charge in [-0.05, 0) is 36.6 Å². The van der Waals surface area contributed by atoms with E-state index in [4.69, 9.17) is 0 Å². The van der Waals surface area contributed by atoms with Crippen molar-refractivity contribution in [1.82, 2.24) is 19.4 Å². The molecule has 130 valence electrons. The summed E-state index contributed by atoms with van der Waals surface area (Å²) in [5.74, 6) is 0. The molecule has 2 heterocycles. The molecule has 1 aromatic carbocycles. The number of aryl methyl sites for hydroxylation is 2. The van der Waals surface area contributed by atoms with Gasteiger partial charge in [-0.15, -0.1) is 0 Å². The van der Waals surface area contributed by atoms with Gasteiger partial charge in [0.1, 0.15) is 0 Å². The maximum absolute atomic E-state index is 11.2. The first-order valence-corrected chi connectivity index (χ1v) is 9.98. The summed E-state index contributed by atoms with van der Waals surface area (Å²) >= 11 is 0. The number of sulfonamides is 1. The van der Waals surface area contributed by atoms with E-state index in [9.17, 15) is 8.42 Å². The largest absolute Gasteiger partial charge is 0.291 e. The molecule has 1 aliphatic heterocycles. The fourth-order valence-corrected chi connectivity index (χ4v) is 3.38. The molecule has 1 aliphatic rings. The van der Waals surface area contributed by atoms with Gasteiger partial charge in [-0.25, -0.2) is 13.1 Å². The van der Waals surface area contributed by atoms with Crippen LogP contribution in [0.15, 0.2) is 24.3 Å². The first-order valence-electron chi connectivity index (χ1n) is 8.09. The third kappa shape index (κ3) is 4.23. The minimum Gasteiger partial charge on any atom is -0.291 e. The molecule has 0 fully saturated rings. The van der Waals surface area contributed by atoms with E-state index < -0.39 is 10.0 Å². The average Bonchev–Trinajstić information content (AvgIpc) is 2.90. The Morgan fingerprint density at radius 3 is 2.67 bits per heavy atom. The quantitative estimate of drug-likeness (QED) is 0.891. The third-order valence-electron chi connectivity index (χ3n) is 4.42. The molecule has 2 aromatic rings. The van der Waals surface area contributed by atoms with Crippen LogP contribution >= 0.6 is 0 Å². The molecule has 1 N–H and O–H groups in total. The van der Waals surface area contributed by atoms with Gasteiger partial charge in [0.25, 0.3) is 0 Å². The van der Waals surface area contributed by atoms with Gasteiger partial charge in [-0.3, -0.25) is 9.58 Å². The maximum Gasteiger partial charge on any atom is 0.209 e. The molecule has 0 saturated heterocycles. The summed E-state index contributed by atoms with van der Waals surface area (Å²) in [6.45, 7) is 8.05. The number of nitrogens with one attached hydrogen (secondary N) is 1. The first kappa shape index (κ1) is 17.1. The highest BCUT2D eigenvalue weighted by Crippen LogP contribution is 2.18. The summed E-state index contributed by atoms with van der Waals surface area (Å²) in [4.78, 5) is 2.40. The van der Waals surface area contributed by atoms with E-state index >= 15 is 0 Å². The van der Waals surface area contributed by atoms with Gasteiger partial charge in [0.2, 0.25) is 10.0 Å². The molecule has 0 aliphatic carbocycles. The summed E-state index contributed by atoms with van der Waals surface area (Å²) < 4.78 is 26.9. The molecule has 0 saturated carbocycles. The third-order valence-corrected chi connectivity index (χ3v) is 5.09. The van der Waals surface area contributed by atoms with Crippen molar-refractivity contribution in [2.45, 2.75) is 40.0 Å². The molecule has 0 bridgehead atoms. The predicted octanol–water partition coefficient (Wildman–Crippen LogP) is 1.56. The Morgan fingerprint density at radius 1 is 1.17 bits per heavy atom. The zero-order valence-corrected chi connectivity index (χ0v) is 15.2. The Morgan fingerprint density at radius 2 is 1.96 bits per heavy atom. The Kier molecular flexibility index (Phi) is 4.76. The molecule has 0 spiro atoms. The van der Waals surface area contributed by atoms with Crippen molar-refractivity contribution in [1.29, 1.82) is 0 Å². The lowest BCUT2D eigenvalue weighted by molar-refractivity contribution is 0.205. The van der Waals surface area contributed by atoms with Crippen LogP contribution in [-0.2, 0) is 36.2 Å². The summed E-state index contributed by atoms with van der Waals surface area (Å²) in [5, 5.41) is 4.48. The minimum atomic E-state index is -3.19. The topological polar surface area (TPSA) is 67.2 Å². The van der Waals surface area contributed by atoms with Gasteiger partial charge in [0, 0.05) is 19.6 Å². The fourth-order valence-electron chi connectivity index (χ4n) is 2.97. The Labute approximate surface area is 143 Å². The number of benzene rings is 1. The molecule has 0 amide bonds. The van der Waals surface area contributed by atoms with Crippen LogP contribution in [0.5, 0.6) is 0 Å². The van der Waals surface area contributed by atoms with Crippen LogP contribution in [0.4, 0.5) is 0 Å². The van der Waals surface area contributed by atoms with Gasteiger partial charge in [-0.2, -0.15) is 5.10 Å². The molecule has 24 heavy (non-hydrogen) atoms. The summed E-state index contributed by atoms with van der Waals surface area (Å²) in [5.41, 5.74) is 5.87. The number of hydrogen-bond donors (Lipinski definition) is 1. The first-order chi connectivity index (χ1) is 11.3. The fraction of sp³-hybridized carbons (Fsp3) is 0.471. The van der Waals surface area contributed by atoms with Gasteiger partial charge in [-0.1, -0.05) is 18.2 Å². The van der Waals surface area contributed by atoms with Crippen molar-refractivity contribution in [3.05, 3.63) is 52.3 Å². The second-order valence-electron chi connectivity index (χ2n) is 6.57. The van der Waals surface area contributed by atoms with Crippen LogP contribution in [0, 0.1) is 13.8 Å². The van der Waals surface area contributed by atoms with Gasteiger partial charge in [0.05, 0.1) is 30.7 Å². The lowest BCUT2D eigenvalue weighted by Crippen LogP contribution is -2.33. The monoisotopic (exact) mass is 348 g/mol. The van der Waals surface area contributed by atoms with Crippen molar-refractivity contribution in [3.8, 4) is 0 Å². The molecule has 0 atom stereocenters. The van der Waals surface area contributed by atoms with Gasteiger partial charge < -0.3 is 0 Å². The Bertz CT molecular complexity index is 842. The number of nitrogens with zero attached hydrogens (tertiary/aromatic N) is 3. The van der Waals surface area contributed by atoms with Crippen LogP contribution in [0.25, 0.3) is 0 Å². The molecule has 6 nitrogen and oxygen atoms in total. The summed E-state index contributed by atoms with van der Waals surface area (Å²) in [6, 6.07) is 8.61. The second-order valence-corrected chi connectivity index (χ2v) is 8.41. The number of rotatable bonds is 5. The van der Waals surface area contributed by atoms with E-state index in [1.54, 1.807) is 0 Å². The Hall–Kier alpha value is -1.70. The lowest BCUT2D eigenvalue weighted by atomic mass is 10.1. The predicted molar refractivity (Wildman–Crippen MR) is 93.9 cm³/mol. The Balaban J connectivity index is 1.65. The van der Waals surface area contributed by atoms with Crippen molar-refractivity contribution in [3.63, 3.8) is 0 Å². The van der Waals surface area contributed by atoms with E-state index in [-0.39, 0.29) is 6.54 Å². The zero-order valence-electron chi connectivity index (χ0n) is 14.4. The van der Waals surface area contributed by atoms with E-state index in [2.05, 4.69) is 46.8 Å². The lowest BCUT2D eigenvalue weighted by Gasteiger charge is -2.27. The number of hydrogen-bond acceptors (Lipinski definition) is 4. The number of fused-ring (bicyclic) bond motifs is 1. The van der Waals surface area contributed by atoms with Crippen LogP contribution in [0.1, 0.15) is 28.1 Å². The van der Waals surface area contributed by atoms with Gasteiger partial charge >= 0.3 is 0 Å². The maximum atomic E-state index is 11.2. The SMILES string of the molecule is Cc1ccc(CN2CCn3nc(CNS(C)(=O)=O)cc3C2)cc1C. The highest BCUT2D eigenvalue weighted by atomic mass is 32.2. The van der Waals surface area contributed by atoms with Crippen molar-refractivity contribution >= 4 is 10.0 Å². The van der Waals surface area contributed by atoms with E-state index in [1.165, 1.54) is 16.7 Å². The molecule has 3 rings (SSSR count). The van der Waals surface area contributed by atoms with Crippen LogP contribution < -0.4 is 4.72 Å². The molecule has 7 heteroatoms. The van der Waals surface area contributed by atoms with Crippen LogP contribution in [0.3, 0.4) is 0 Å². The van der Waals surface area contributed by atoms with Crippen LogP contribution in [0.2, 0.25) is 0 Å². The second kappa shape index (κ2) is 6.66. The molecule has 0 radical (unpaired) electrons. The van der Waals surface area contributed by atoms with E-state index in [0.717, 1.165) is 43.8 Å². The molecule has 1 aromatic heterocycles. The number of aromatic nitrogens is 2. The van der Waals surface area contributed by atoms with E-state index in [1.807, 2.05) is 10.7 Å². The molecular weight excluding hydrogens is 324 g/mol. The van der Waals surface area contributed by atoms with Crippen molar-refractivity contribution < 1.29 is 8.42 Å². The normalized spacial score (nSPS) is 15.5. The molecule has 0 unspecified atom stereocenters. The van der Waals surface area contributed by atoms with Crippen LogP contribution in [-0.4, -0.2) is 35.9 Å². The minimum absolute atomic E-state index is 0.246. The summed E-state index contributed by atoms with van der Waals surface area (Å²) in [6.07, 6.45) is 1.16. The zero-order chi connectivity index (χ0) is 17.3. The highest BCUT2D eigenvalue weighted by Gasteiger charge is 2.19. The highest BCUT2D eigenvalue weighted by molar-refractivity contribution is 7.88. The van der Waals surface area contributed by atoms with Crippen molar-refractivity contribution in [2.24, 2.45) is 0 Å². The smallest absolute Gasteiger partial charge is 0.209 e. The summed E-state index contributed by atoms with van der Waals surface area (Å²) in [7, 11) is -3.19. The van der Waals surface area contributed by atoms with Gasteiger partial charge in [0.15, 0.2) is 0 Å².